The van der Waals surface area contributed by atoms with Crippen molar-refractivity contribution in [3.63, 3.8) is 0 Å². The summed E-state index contributed by atoms with van der Waals surface area (Å²) in [5.74, 6) is -1.15. The number of hydrogen-bond acceptors (Lipinski definition) is 3. The molecule has 0 unspecified atom stereocenters. The second-order valence-electron chi connectivity index (χ2n) is 11.0. The average molecular weight is 479 g/mol. The van der Waals surface area contributed by atoms with Crippen LogP contribution < -0.4 is 4.74 Å². The third-order valence-electron chi connectivity index (χ3n) is 8.34. The number of nitrogens with zero attached hydrogens (tertiary/aromatic N) is 2. The number of hydrogen-bond donors (Lipinski definition) is 0. The molecule has 0 N–H and O–H groups in total. The van der Waals surface area contributed by atoms with Crippen molar-refractivity contribution in [3.8, 4) is 5.75 Å². The van der Waals surface area contributed by atoms with Crippen molar-refractivity contribution >= 4 is 0 Å². The van der Waals surface area contributed by atoms with Gasteiger partial charge in [0.2, 0.25) is 0 Å². The summed E-state index contributed by atoms with van der Waals surface area (Å²) in [5.41, 5.74) is 0. The lowest BCUT2D eigenvalue weighted by Crippen LogP contribution is -2.41. The van der Waals surface area contributed by atoms with Crippen molar-refractivity contribution in [2.75, 3.05) is 6.61 Å². The Hall–Kier alpha value is -1.26. The van der Waals surface area contributed by atoms with Crippen LogP contribution in [0.4, 0.5) is 8.78 Å². The summed E-state index contributed by atoms with van der Waals surface area (Å²) in [6, 6.07) is 0. The van der Waals surface area contributed by atoms with Gasteiger partial charge in [-0.25, -0.2) is 18.7 Å². The van der Waals surface area contributed by atoms with Crippen LogP contribution in [0.2, 0.25) is 0 Å². The normalized spacial score (nSPS) is 26.9. The Balaban J connectivity index is 1.41. The zero-order valence-electron chi connectivity index (χ0n) is 21.8. The van der Waals surface area contributed by atoms with Crippen molar-refractivity contribution in [1.82, 2.24) is 9.97 Å². The Morgan fingerprint density at radius 2 is 1.47 bits per heavy atom. The summed E-state index contributed by atoms with van der Waals surface area (Å²) >= 11 is 0. The summed E-state index contributed by atoms with van der Waals surface area (Å²) in [5, 5.41) is 0. The molecule has 0 saturated heterocycles. The second kappa shape index (κ2) is 14.3. The van der Waals surface area contributed by atoms with Gasteiger partial charge < -0.3 is 4.74 Å². The highest BCUT2D eigenvalue weighted by atomic mass is 19.3. The van der Waals surface area contributed by atoms with Gasteiger partial charge in [0, 0.05) is 18.3 Å². The lowest BCUT2D eigenvalue weighted by molar-refractivity contribution is -0.119. The van der Waals surface area contributed by atoms with Gasteiger partial charge in [0.1, 0.15) is 5.82 Å². The fourth-order valence-electron chi connectivity index (χ4n) is 6.22. The molecule has 2 saturated carbocycles. The van der Waals surface area contributed by atoms with Crippen LogP contribution in [0.3, 0.4) is 0 Å². The molecule has 0 bridgehead atoms. The van der Waals surface area contributed by atoms with Crippen LogP contribution in [0, 0.1) is 17.8 Å². The lowest BCUT2D eigenvalue weighted by Gasteiger charge is -2.42. The molecule has 5 heteroatoms. The minimum atomic E-state index is -2.61. The fourth-order valence-corrected chi connectivity index (χ4v) is 6.22. The highest BCUT2D eigenvalue weighted by Crippen LogP contribution is 2.51. The van der Waals surface area contributed by atoms with Gasteiger partial charge in [-0.3, -0.25) is 0 Å². The monoisotopic (exact) mass is 478 g/mol. The second-order valence-corrected chi connectivity index (χ2v) is 11.0. The van der Waals surface area contributed by atoms with Crippen LogP contribution in [-0.4, -0.2) is 22.5 Å². The van der Waals surface area contributed by atoms with Gasteiger partial charge in [0.25, 0.3) is 5.92 Å². The van der Waals surface area contributed by atoms with Gasteiger partial charge in [-0.1, -0.05) is 84.5 Å². The third-order valence-corrected chi connectivity index (χ3v) is 8.34. The van der Waals surface area contributed by atoms with Crippen LogP contribution >= 0.6 is 0 Å². The maximum Gasteiger partial charge on any atom is 0.251 e. The van der Waals surface area contributed by atoms with E-state index in [0.717, 1.165) is 44.4 Å². The molecule has 34 heavy (non-hydrogen) atoms. The Morgan fingerprint density at radius 3 is 2.15 bits per heavy atom. The molecule has 0 aliphatic heterocycles. The summed E-state index contributed by atoms with van der Waals surface area (Å²) < 4.78 is 36.3. The topological polar surface area (TPSA) is 35.0 Å². The first-order valence-electron chi connectivity index (χ1n) is 14.4. The molecule has 3 nitrogen and oxygen atoms in total. The van der Waals surface area contributed by atoms with Crippen molar-refractivity contribution in [2.45, 2.75) is 135 Å². The highest BCUT2D eigenvalue weighted by Gasteiger charge is 2.49. The maximum absolute atomic E-state index is 15.3. The molecule has 3 rings (SSSR count). The van der Waals surface area contributed by atoms with Gasteiger partial charge in [-0.05, 0) is 43.9 Å². The van der Waals surface area contributed by atoms with E-state index in [0.29, 0.717) is 24.6 Å². The van der Waals surface area contributed by atoms with Gasteiger partial charge in [0.05, 0.1) is 19.0 Å². The van der Waals surface area contributed by atoms with Gasteiger partial charge in [0.15, 0.2) is 5.75 Å². The zero-order chi connectivity index (χ0) is 24.2. The maximum atomic E-state index is 15.3. The molecule has 1 aromatic heterocycles. The van der Waals surface area contributed by atoms with Crippen molar-refractivity contribution < 1.29 is 13.5 Å². The Labute approximate surface area is 206 Å². The summed E-state index contributed by atoms with van der Waals surface area (Å²) in [7, 11) is 0. The van der Waals surface area contributed by atoms with Gasteiger partial charge in [-0.15, -0.1) is 0 Å². The van der Waals surface area contributed by atoms with E-state index in [2.05, 4.69) is 23.8 Å². The van der Waals surface area contributed by atoms with Crippen molar-refractivity contribution in [2.24, 2.45) is 17.8 Å². The third kappa shape index (κ3) is 8.45. The lowest BCUT2D eigenvalue weighted by atomic mass is 9.67. The first-order valence-corrected chi connectivity index (χ1v) is 14.4. The van der Waals surface area contributed by atoms with E-state index in [1.807, 2.05) is 0 Å². The number of ether oxygens (including phenoxy) is 1. The first-order chi connectivity index (χ1) is 16.5. The zero-order valence-corrected chi connectivity index (χ0v) is 21.8. The number of halogens is 2. The molecule has 194 valence electrons. The van der Waals surface area contributed by atoms with Crippen molar-refractivity contribution in [3.05, 3.63) is 18.2 Å². The number of rotatable bonds is 14. The molecule has 0 radical (unpaired) electrons. The van der Waals surface area contributed by atoms with Crippen LogP contribution in [0.15, 0.2) is 12.4 Å². The molecule has 1 aromatic rings. The van der Waals surface area contributed by atoms with E-state index in [-0.39, 0.29) is 18.3 Å². The minimum absolute atomic E-state index is 0.105. The molecule has 0 amide bonds. The first kappa shape index (κ1) is 27.3. The summed E-state index contributed by atoms with van der Waals surface area (Å²) in [6.07, 6.45) is 21.3. The van der Waals surface area contributed by atoms with Gasteiger partial charge >= 0.3 is 0 Å². The number of aromatic nitrogens is 2. The SMILES string of the molecule is CCCCCCCCOc1cnc([C@H]2CC[C@H](C3CCC(CCCCC)CC3)C(F)(F)C2)nc1. The van der Waals surface area contributed by atoms with Crippen LogP contribution in [0.25, 0.3) is 0 Å². The minimum Gasteiger partial charge on any atom is -0.490 e. The summed E-state index contributed by atoms with van der Waals surface area (Å²) in [6.45, 7) is 5.12. The molecular weight excluding hydrogens is 430 g/mol. The van der Waals surface area contributed by atoms with Crippen molar-refractivity contribution in [1.29, 1.82) is 0 Å². The van der Waals surface area contributed by atoms with Crippen LogP contribution in [0.5, 0.6) is 5.75 Å². The molecule has 0 aromatic carbocycles. The molecule has 2 aliphatic carbocycles. The predicted octanol–water partition coefficient (Wildman–Crippen LogP) is 9.12. The predicted molar refractivity (Wildman–Crippen MR) is 136 cm³/mol. The van der Waals surface area contributed by atoms with E-state index < -0.39 is 11.8 Å². The average Bonchev–Trinajstić information content (AvgIpc) is 2.84. The van der Waals surface area contributed by atoms with E-state index in [1.54, 1.807) is 12.4 Å². The number of unbranched alkanes of at least 4 members (excludes halogenated alkanes) is 7. The smallest absolute Gasteiger partial charge is 0.251 e. The number of alkyl halides is 2. The molecule has 0 spiro atoms. The molecule has 2 atom stereocenters. The van der Waals surface area contributed by atoms with E-state index in [9.17, 15) is 0 Å². The molecule has 2 fully saturated rings. The fraction of sp³-hybridized carbons (Fsp3) is 0.862. The van der Waals surface area contributed by atoms with Crippen LogP contribution in [0.1, 0.15) is 135 Å². The largest absolute Gasteiger partial charge is 0.490 e. The van der Waals surface area contributed by atoms with E-state index in [4.69, 9.17) is 4.74 Å². The molecule has 1 heterocycles. The molecule has 2 aliphatic rings. The van der Waals surface area contributed by atoms with E-state index in [1.165, 1.54) is 57.8 Å². The summed E-state index contributed by atoms with van der Waals surface area (Å²) in [4.78, 5) is 8.84. The molecular formula is C29H48F2N2O. The Kier molecular flexibility index (Phi) is 11.5. The van der Waals surface area contributed by atoms with E-state index >= 15 is 8.78 Å². The highest BCUT2D eigenvalue weighted by molar-refractivity contribution is 5.14. The van der Waals surface area contributed by atoms with Gasteiger partial charge in [-0.2, -0.15) is 0 Å². The standard InChI is InChI=1S/C29H48F2N2O/c1-3-5-7-8-9-11-19-34-26-21-32-28(33-22-26)25-17-18-27(29(30,31)20-25)24-15-13-23(14-16-24)12-10-6-4-2/h21-25,27H,3-20H2,1-2H3/t23?,24?,25-,27+/m0/s1. The van der Waals surface area contributed by atoms with Crippen LogP contribution in [-0.2, 0) is 0 Å². The quantitative estimate of drug-likeness (QED) is 0.250. The Morgan fingerprint density at radius 1 is 0.824 bits per heavy atom. The Bertz CT molecular complexity index is 673.